The quantitative estimate of drug-likeness (QED) is 0.478. The third-order valence-corrected chi connectivity index (χ3v) is 7.46. The molecule has 35 heavy (non-hydrogen) atoms. The van der Waals surface area contributed by atoms with Crippen molar-refractivity contribution in [2.75, 3.05) is 36.5 Å². The van der Waals surface area contributed by atoms with Crippen LogP contribution in [0, 0.1) is 11.6 Å². The van der Waals surface area contributed by atoms with Crippen LogP contribution < -0.4 is 14.9 Å². The van der Waals surface area contributed by atoms with Crippen LogP contribution in [-0.4, -0.2) is 52.0 Å². The minimum Gasteiger partial charge on any atom is -0.593 e. The molecule has 1 saturated heterocycles. The Bertz CT molecular complexity index is 1230. The largest absolute Gasteiger partial charge is 0.593 e. The van der Waals surface area contributed by atoms with Crippen molar-refractivity contribution in [1.82, 2.24) is 14.7 Å². The first-order valence-corrected chi connectivity index (χ1v) is 12.7. The molecular formula is C24H25F2N5O3S. The zero-order valence-electron chi connectivity index (χ0n) is 19.1. The fraction of sp³-hybridized carbons (Fsp3) is 0.375. The first kappa shape index (κ1) is 23.7. The van der Waals surface area contributed by atoms with E-state index < -0.39 is 34.9 Å². The van der Waals surface area contributed by atoms with E-state index in [9.17, 15) is 18.1 Å². The van der Waals surface area contributed by atoms with Gasteiger partial charge in [-0.05, 0) is 31.2 Å². The summed E-state index contributed by atoms with van der Waals surface area (Å²) in [6.07, 6.45) is 3.31. The molecule has 2 fully saturated rings. The molecular weight excluding hydrogens is 476 g/mol. The fourth-order valence-corrected chi connectivity index (χ4v) is 5.05. The van der Waals surface area contributed by atoms with Gasteiger partial charge in [-0.3, -0.25) is 9.78 Å². The van der Waals surface area contributed by atoms with Gasteiger partial charge in [0.15, 0.2) is 0 Å². The van der Waals surface area contributed by atoms with Gasteiger partial charge in [-0.1, -0.05) is 0 Å². The number of fused-ring (bicyclic) bond motifs is 1. The van der Waals surface area contributed by atoms with Crippen molar-refractivity contribution in [1.29, 1.82) is 0 Å². The number of hydrogen-bond acceptors (Lipinski definition) is 7. The third-order valence-electron chi connectivity index (χ3n) is 5.99. The van der Waals surface area contributed by atoms with Crippen LogP contribution in [0.15, 0.2) is 36.5 Å². The molecule has 3 aromatic rings. The number of amides is 1. The molecule has 1 saturated carbocycles. The molecule has 1 aliphatic carbocycles. The lowest BCUT2D eigenvalue weighted by molar-refractivity contribution is 0.0981. The Morgan fingerprint density at radius 3 is 2.57 bits per heavy atom. The van der Waals surface area contributed by atoms with Crippen molar-refractivity contribution < 1.29 is 22.9 Å². The van der Waals surface area contributed by atoms with E-state index in [1.807, 2.05) is 6.92 Å². The van der Waals surface area contributed by atoms with Gasteiger partial charge in [0.2, 0.25) is 0 Å². The van der Waals surface area contributed by atoms with Gasteiger partial charge in [0, 0.05) is 48.8 Å². The molecule has 8 nitrogen and oxygen atoms in total. The molecule has 1 aromatic heterocycles. The molecule has 0 spiro atoms. The van der Waals surface area contributed by atoms with E-state index in [1.165, 1.54) is 12.1 Å². The Labute approximate surface area is 204 Å². The molecule has 2 heterocycles. The number of nitrogens with zero attached hydrogens (tertiary/aromatic N) is 3. The molecule has 11 heteroatoms. The molecule has 1 amide bonds. The van der Waals surface area contributed by atoms with Gasteiger partial charge in [0.05, 0.1) is 47.8 Å². The second-order valence-electron chi connectivity index (χ2n) is 8.71. The van der Waals surface area contributed by atoms with Crippen molar-refractivity contribution >= 4 is 39.8 Å². The summed E-state index contributed by atoms with van der Waals surface area (Å²) < 4.78 is 47.7. The number of morpholine rings is 1. The lowest BCUT2D eigenvalue weighted by atomic mass is 10.0. The molecule has 2 unspecified atom stereocenters. The first-order valence-electron chi connectivity index (χ1n) is 11.4. The zero-order chi connectivity index (χ0) is 24.5. The van der Waals surface area contributed by atoms with E-state index in [-0.39, 0.29) is 16.5 Å². The van der Waals surface area contributed by atoms with Crippen LogP contribution in [0.3, 0.4) is 0 Å². The van der Waals surface area contributed by atoms with Crippen LogP contribution >= 0.6 is 0 Å². The highest BCUT2D eigenvalue weighted by Gasteiger charge is 2.36. The van der Waals surface area contributed by atoms with Gasteiger partial charge in [0.25, 0.3) is 5.91 Å². The summed E-state index contributed by atoms with van der Waals surface area (Å²) >= 11 is -1.44. The predicted octanol–water partition coefficient (Wildman–Crippen LogP) is 3.47. The van der Waals surface area contributed by atoms with E-state index in [4.69, 9.17) is 9.72 Å². The summed E-state index contributed by atoms with van der Waals surface area (Å²) in [4.78, 5) is 24.3. The second-order valence-corrected chi connectivity index (χ2v) is 10.2. The normalized spacial score (nSPS) is 17.8. The number of anilines is 2. The van der Waals surface area contributed by atoms with Crippen LogP contribution in [-0.2, 0) is 16.1 Å². The maximum absolute atomic E-state index is 13.8. The maximum Gasteiger partial charge on any atom is 0.292 e. The zero-order valence-corrected chi connectivity index (χ0v) is 19.9. The smallest absolute Gasteiger partial charge is 0.292 e. The number of carbonyl (C=O) groups is 1. The van der Waals surface area contributed by atoms with Crippen molar-refractivity contribution in [3.05, 3.63) is 59.3 Å². The monoisotopic (exact) mass is 501 g/mol. The number of ether oxygens (including phenoxy) is 1. The highest BCUT2D eigenvalue weighted by molar-refractivity contribution is 7.91. The Balaban J connectivity index is 1.52. The van der Waals surface area contributed by atoms with E-state index >= 15 is 0 Å². The molecule has 0 bridgehead atoms. The summed E-state index contributed by atoms with van der Waals surface area (Å²) in [5, 5.41) is 3.09. The summed E-state index contributed by atoms with van der Waals surface area (Å²) in [5.41, 5.74) is 2.21. The number of aromatic nitrogens is 2. The average Bonchev–Trinajstić information content (AvgIpc) is 3.68. The predicted molar refractivity (Wildman–Crippen MR) is 130 cm³/mol. The standard InChI is InChI=1S/C24H25F2N5O3S/c1-14(28-18-11-16(25)10-17(26)12-18)20-8-15(24(32)30-35(33)19-2-3-19)9-21-23(20)29-22(13-27-21)31-4-6-34-7-5-31/h8-14,19,28H,2-7H2,1H3,(H,30,32). The van der Waals surface area contributed by atoms with Crippen molar-refractivity contribution in [2.24, 2.45) is 0 Å². The van der Waals surface area contributed by atoms with Gasteiger partial charge < -0.3 is 19.5 Å². The SMILES string of the molecule is CC(Nc1cc(F)cc(F)c1)c1cc(C(=O)N[S+]([O-])C2CC2)cc2ncc(N3CCOCC3)nc12. The Morgan fingerprint density at radius 2 is 1.89 bits per heavy atom. The molecule has 2 atom stereocenters. The first-order chi connectivity index (χ1) is 16.9. The number of hydrogen-bond donors (Lipinski definition) is 2. The molecule has 0 radical (unpaired) electrons. The van der Waals surface area contributed by atoms with E-state index in [1.54, 1.807) is 18.3 Å². The molecule has 2 aliphatic rings. The summed E-state index contributed by atoms with van der Waals surface area (Å²) in [5.74, 6) is -1.19. The van der Waals surface area contributed by atoms with Crippen molar-refractivity contribution in [3.63, 3.8) is 0 Å². The van der Waals surface area contributed by atoms with E-state index in [0.29, 0.717) is 48.7 Å². The lowest BCUT2D eigenvalue weighted by Gasteiger charge is -2.28. The van der Waals surface area contributed by atoms with Gasteiger partial charge in [-0.2, -0.15) is 4.72 Å². The van der Waals surface area contributed by atoms with E-state index in [0.717, 1.165) is 18.9 Å². The number of halogens is 2. The highest BCUT2D eigenvalue weighted by Crippen LogP contribution is 2.30. The van der Waals surface area contributed by atoms with Crippen LogP contribution in [0.4, 0.5) is 20.3 Å². The lowest BCUT2D eigenvalue weighted by Crippen LogP contribution is -2.36. The van der Waals surface area contributed by atoms with Crippen molar-refractivity contribution in [2.45, 2.75) is 31.1 Å². The number of carbonyl (C=O) groups excluding carboxylic acids is 1. The second kappa shape index (κ2) is 9.92. The van der Waals surface area contributed by atoms with Gasteiger partial charge >= 0.3 is 0 Å². The summed E-state index contributed by atoms with van der Waals surface area (Å²) in [6.45, 7) is 4.35. The van der Waals surface area contributed by atoms with Gasteiger partial charge in [-0.25, -0.2) is 13.8 Å². The topological polar surface area (TPSA) is 102 Å². The van der Waals surface area contributed by atoms with Gasteiger partial charge in [-0.15, -0.1) is 0 Å². The van der Waals surface area contributed by atoms with Crippen LogP contribution in [0.5, 0.6) is 0 Å². The molecule has 5 rings (SSSR count). The molecule has 2 aromatic carbocycles. The maximum atomic E-state index is 13.8. The van der Waals surface area contributed by atoms with Crippen molar-refractivity contribution in [3.8, 4) is 0 Å². The number of nitrogens with one attached hydrogen (secondary N) is 2. The fourth-order valence-electron chi connectivity index (χ4n) is 4.02. The van der Waals surface area contributed by atoms with Crippen LogP contribution in [0.1, 0.15) is 41.7 Å². The number of rotatable bonds is 7. The molecule has 184 valence electrons. The summed E-state index contributed by atoms with van der Waals surface area (Å²) in [7, 11) is 0. The molecule has 2 N–H and O–H groups in total. The minimum absolute atomic E-state index is 0.00165. The highest BCUT2D eigenvalue weighted by atomic mass is 32.2. The van der Waals surface area contributed by atoms with Gasteiger partial charge in [0.1, 0.15) is 22.7 Å². The number of benzene rings is 2. The average molecular weight is 502 g/mol. The van der Waals surface area contributed by atoms with Crippen LogP contribution in [0.25, 0.3) is 11.0 Å². The summed E-state index contributed by atoms with van der Waals surface area (Å²) in [6, 6.07) is 5.99. The van der Waals surface area contributed by atoms with Crippen LogP contribution in [0.2, 0.25) is 0 Å². The third kappa shape index (κ3) is 5.47. The Morgan fingerprint density at radius 1 is 1.17 bits per heavy atom. The Kier molecular flexibility index (Phi) is 6.72. The Hall–Kier alpha value is -3.02. The van der Waals surface area contributed by atoms with E-state index in [2.05, 4.69) is 19.9 Å². The minimum atomic E-state index is -1.44. The molecule has 1 aliphatic heterocycles.